The normalized spacial score (nSPS) is 15.5. The molecule has 0 saturated heterocycles. The second kappa shape index (κ2) is 8.13. The molecule has 0 N–H and O–H groups in total. The lowest BCUT2D eigenvalue weighted by atomic mass is 9.94. The number of halogens is 2. The monoisotopic (exact) mass is 454 g/mol. The number of hydrogen-bond donors (Lipinski definition) is 0. The molecule has 0 radical (unpaired) electrons. The van der Waals surface area contributed by atoms with Crippen molar-refractivity contribution < 1.29 is 22.3 Å². The summed E-state index contributed by atoms with van der Waals surface area (Å²) in [6.45, 7) is 0. The highest BCUT2D eigenvalue weighted by molar-refractivity contribution is 7.90. The Labute approximate surface area is 184 Å². The third-order valence-corrected chi connectivity index (χ3v) is 6.24. The van der Waals surface area contributed by atoms with E-state index in [1.165, 1.54) is 24.3 Å². The fourth-order valence-corrected chi connectivity index (χ4v) is 4.16. The topological polar surface area (TPSA) is 60.4 Å². The predicted molar refractivity (Wildman–Crippen MR) is 118 cm³/mol. The van der Waals surface area contributed by atoms with Crippen LogP contribution in [0.5, 0.6) is 0 Å². The second-order valence-electron chi connectivity index (χ2n) is 6.98. The zero-order valence-electron chi connectivity index (χ0n) is 16.3. The van der Waals surface area contributed by atoms with E-state index in [1.54, 1.807) is 54.6 Å². The molecule has 0 saturated carbocycles. The molecule has 1 heterocycles. The van der Waals surface area contributed by atoms with Crippen LogP contribution in [0, 0.1) is 5.82 Å². The van der Waals surface area contributed by atoms with Crippen molar-refractivity contribution in [1.29, 1.82) is 0 Å². The summed E-state index contributed by atoms with van der Waals surface area (Å²) in [5, 5.41) is 0.378. The zero-order chi connectivity index (χ0) is 22.2. The molecule has 31 heavy (non-hydrogen) atoms. The van der Waals surface area contributed by atoms with Crippen LogP contribution in [0.15, 0.2) is 83.5 Å². The van der Waals surface area contributed by atoms with Crippen molar-refractivity contribution >= 4 is 44.6 Å². The van der Waals surface area contributed by atoms with Crippen LogP contribution in [-0.2, 0) is 19.4 Å². The molecule has 156 valence electrons. The van der Waals surface area contributed by atoms with Crippen molar-refractivity contribution in [2.75, 3.05) is 6.26 Å². The first-order valence-corrected chi connectivity index (χ1v) is 11.5. The number of allylic oxidation sites excluding steroid dienone is 1. The number of carbonyl (C=O) groups is 1. The molecule has 0 amide bonds. The van der Waals surface area contributed by atoms with E-state index in [1.807, 2.05) is 0 Å². The molecule has 0 spiro atoms. The highest BCUT2D eigenvalue weighted by Crippen LogP contribution is 2.42. The molecule has 4 nitrogen and oxygen atoms in total. The summed E-state index contributed by atoms with van der Waals surface area (Å²) in [7, 11) is -3.38. The van der Waals surface area contributed by atoms with Gasteiger partial charge in [-0.3, -0.25) is 0 Å². The number of hydrogen-bond acceptors (Lipinski definition) is 4. The number of esters is 1. The average molecular weight is 455 g/mol. The Morgan fingerprint density at radius 1 is 0.903 bits per heavy atom. The molecule has 1 aliphatic rings. The zero-order valence-corrected chi connectivity index (χ0v) is 17.9. The number of carbonyl (C=O) groups excluding carboxylic acids is 1. The average Bonchev–Trinajstić information content (AvgIpc) is 3.05. The van der Waals surface area contributed by atoms with Gasteiger partial charge in [-0.15, -0.1) is 0 Å². The van der Waals surface area contributed by atoms with Gasteiger partial charge in [0.15, 0.2) is 9.84 Å². The van der Waals surface area contributed by atoms with Crippen LogP contribution in [0.2, 0.25) is 5.02 Å². The second-order valence-corrected chi connectivity index (χ2v) is 9.40. The minimum Gasteiger partial charge on any atom is -0.422 e. The minimum absolute atomic E-state index is 0.158. The summed E-state index contributed by atoms with van der Waals surface area (Å²) in [5.41, 5.74) is 2.46. The third kappa shape index (κ3) is 4.31. The lowest BCUT2D eigenvalue weighted by Gasteiger charge is -2.08. The van der Waals surface area contributed by atoms with Gasteiger partial charge in [-0.25, -0.2) is 17.6 Å². The van der Waals surface area contributed by atoms with Gasteiger partial charge in [-0.05, 0) is 47.5 Å². The lowest BCUT2D eigenvalue weighted by molar-refractivity contribution is -0.131. The molecule has 7 heteroatoms. The van der Waals surface area contributed by atoms with Gasteiger partial charge in [-0.1, -0.05) is 54.1 Å². The number of benzene rings is 3. The highest BCUT2D eigenvalue weighted by Gasteiger charge is 2.33. The molecule has 3 aromatic carbocycles. The Morgan fingerprint density at radius 3 is 2.16 bits per heavy atom. The molecule has 3 aromatic rings. The number of ether oxygens (including phenoxy) is 1. The maximum Gasteiger partial charge on any atom is 0.344 e. The Morgan fingerprint density at radius 2 is 1.55 bits per heavy atom. The fraction of sp³-hybridized carbons (Fsp3) is 0.0417. The smallest absolute Gasteiger partial charge is 0.344 e. The lowest BCUT2D eigenvalue weighted by Crippen LogP contribution is -1.99. The summed E-state index contributed by atoms with van der Waals surface area (Å²) < 4.78 is 42.5. The summed E-state index contributed by atoms with van der Waals surface area (Å²) in [5.74, 6) is -0.697. The first-order valence-electron chi connectivity index (χ1n) is 9.23. The Hall–Kier alpha value is -3.22. The molecule has 0 bridgehead atoms. The number of rotatable bonds is 4. The fourth-order valence-electron chi connectivity index (χ4n) is 3.30. The van der Waals surface area contributed by atoms with E-state index in [4.69, 9.17) is 16.3 Å². The van der Waals surface area contributed by atoms with Gasteiger partial charge in [-0.2, -0.15) is 0 Å². The summed E-state index contributed by atoms with van der Waals surface area (Å²) >= 11 is 6.35. The Bertz CT molecular complexity index is 1340. The first-order chi connectivity index (χ1) is 14.7. The van der Waals surface area contributed by atoms with Crippen molar-refractivity contribution in [1.82, 2.24) is 0 Å². The summed E-state index contributed by atoms with van der Waals surface area (Å²) in [6, 6.07) is 18.8. The van der Waals surface area contributed by atoms with Gasteiger partial charge in [0.2, 0.25) is 0 Å². The molecule has 0 aliphatic carbocycles. The Balaban J connectivity index is 1.94. The van der Waals surface area contributed by atoms with Gasteiger partial charge in [0.25, 0.3) is 0 Å². The molecule has 0 unspecified atom stereocenters. The summed E-state index contributed by atoms with van der Waals surface area (Å²) in [6.07, 6.45) is 2.75. The van der Waals surface area contributed by atoms with E-state index < -0.39 is 15.8 Å². The van der Waals surface area contributed by atoms with Crippen LogP contribution in [0.3, 0.4) is 0 Å². The van der Waals surface area contributed by atoms with E-state index >= 15 is 0 Å². The van der Waals surface area contributed by atoms with Crippen molar-refractivity contribution in [2.24, 2.45) is 0 Å². The van der Waals surface area contributed by atoms with E-state index in [9.17, 15) is 17.6 Å². The van der Waals surface area contributed by atoms with Gasteiger partial charge in [0.05, 0.1) is 10.5 Å². The Kier molecular flexibility index (Phi) is 5.52. The van der Waals surface area contributed by atoms with Crippen molar-refractivity contribution in [3.63, 3.8) is 0 Å². The van der Waals surface area contributed by atoms with Crippen molar-refractivity contribution in [3.05, 3.63) is 106 Å². The third-order valence-electron chi connectivity index (χ3n) is 4.79. The first kappa shape index (κ1) is 21.0. The van der Waals surface area contributed by atoms with Crippen LogP contribution >= 0.6 is 11.6 Å². The van der Waals surface area contributed by atoms with Gasteiger partial charge in [0, 0.05) is 22.4 Å². The maximum absolute atomic E-state index is 13.3. The molecular formula is C24H16ClFO4S. The highest BCUT2D eigenvalue weighted by atomic mass is 35.5. The van der Waals surface area contributed by atoms with Gasteiger partial charge < -0.3 is 4.74 Å². The molecule has 0 fully saturated rings. The minimum atomic E-state index is -3.38. The summed E-state index contributed by atoms with van der Waals surface area (Å²) in [4.78, 5) is 13.0. The van der Waals surface area contributed by atoms with Gasteiger partial charge in [0.1, 0.15) is 11.6 Å². The van der Waals surface area contributed by atoms with Crippen LogP contribution in [0.4, 0.5) is 4.39 Å². The molecule has 0 atom stereocenters. The molecule has 4 rings (SSSR count). The van der Waals surface area contributed by atoms with Crippen LogP contribution in [0.25, 0.3) is 17.2 Å². The van der Waals surface area contributed by atoms with E-state index in [-0.39, 0.29) is 22.0 Å². The van der Waals surface area contributed by atoms with Crippen molar-refractivity contribution in [3.8, 4) is 0 Å². The SMILES string of the molecule is CS(=O)(=O)c1ccc(C2=C(c3ccccc3Cl)C(=O)O/C2=C\c2ccc(F)cc2)cc1. The van der Waals surface area contributed by atoms with E-state index in [2.05, 4.69) is 0 Å². The molecule has 0 aromatic heterocycles. The van der Waals surface area contributed by atoms with E-state index in [0.29, 0.717) is 27.3 Å². The maximum atomic E-state index is 13.3. The van der Waals surface area contributed by atoms with Gasteiger partial charge >= 0.3 is 5.97 Å². The number of cyclic esters (lactones) is 1. The van der Waals surface area contributed by atoms with Crippen molar-refractivity contribution in [2.45, 2.75) is 4.90 Å². The quantitative estimate of drug-likeness (QED) is 0.496. The molecule has 1 aliphatic heterocycles. The largest absolute Gasteiger partial charge is 0.422 e. The standard InChI is InChI=1S/C24H16ClFO4S/c1-31(28,29)18-12-8-16(9-13-18)22-21(14-15-6-10-17(26)11-7-15)30-24(27)23(22)19-4-2-3-5-20(19)25/h2-14H,1H3/b21-14-. The predicted octanol–water partition coefficient (Wildman–Crippen LogP) is 5.39. The van der Waals surface area contributed by atoms with Crippen LogP contribution < -0.4 is 0 Å². The van der Waals surface area contributed by atoms with E-state index in [0.717, 1.165) is 6.26 Å². The van der Waals surface area contributed by atoms with Crippen LogP contribution in [0.1, 0.15) is 16.7 Å². The number of sulfone groups is 1. The molecular weight excluding hydrogens is 439 g/mol. The van der Waals surface area contributed by atoms with Crippen LogP contribution in [-0.4, -0.2) is 20.6 Å².